The van der Waals surface area contributed by atoms with E-state index in [1.165, 1.54) is 12.1 Å². The lowest BCUT2D eigenvalue weighted by molar-refractivity contribution is -0.119. The van der Waals surface area contributed by atoms with Gasteiger partial charge in [0.2, 0.25) is 5.91 Å². The maximum atomic E-state index is 11.8. The SMILES string of the molecule is CCCC(C)C(=O)Nc1cc(Cl)c(O)c(Cl)c1. The minimum absolute atomic E-state index is 0.0636. The molecule has 0 heterocycles. The molecule has 0 spiro atoms. The third kappa shape index (κ3) is 3.79. The third-order valence-electron chi connectivity index (χ3n) is 2.45. The molecule has 94 valence electrons. The lowest BCUT2D eigenvalue weighted by Crippen LogP contribution is -2.20. The van der Waals surface area contributed by atoms with Gasteiger partial charge in [-0.25, -0.2) is 0 Å². The second-order valence-corrected chi connectivity index (χ2v) is 4.78. The molecule has 2 N–H and O–H groups in total. The Balaban J connectivity index is 2.79. The van der Waals surface area contributed by atoms with Crippen LogP contribution in [0.2, 0.25) is 10.0 Å². The van der Waals surface area contributed by atoms with Gasteiger partial charge in [0.25, 0.3) is 0 Å². The number of phenolic OH excluding ortho intramolecular Hbond substituents is 1. The molecule has 1 aromatic rings. The van der Waals surface area contributed by atoms with Crippen molar-refractivity contribution in [2.45, 2.75) is 26.7 Å². The number of nitrogens with one attached hydrogen (secondary N) is 1. The van der Waals surface area contributed by atoms with Crippen molar-refractivity contribution in [1.82, 2.24) is 0 Å². The molecule has 0 aliphatic carbocycles. The maximum absolute atomic E-state index is 11.8. The third-order valence-corrected chi connectivity index (χ3v) is 3.03. The van der Waals surface area contributed by atoms with Gasteiger partial charge in [-0.15, -0.1) is 0 Å². The molecule has 5 heteroatoms. The number of halogens is 2. The van der Waals surface area contributed by atoms with Gasteiger partial charge >= 0.3 is 0 Å². The number of hydrogen-bond acceptors (Lipinski definition) is 2. The number of carbonyl (C=O) groups is 1. The number of phenols is 1. The molecule has 0 bridgehead atoms. The quantitative estimate of drug-likeness (QED) is 0.814. The Hall–Kier alpha value is -0.930. The molecule has 0 aromatic heterocycles. The first-order chi connectivity index (χ1) is 7.95. The van der Waals surface area contributed by atoms with Gasteiger partial charge < -0.3 is 10.4 Å². The van der Waals surface area contributed by atoms with Crippen LogP contribution in [0.15, 0.2) is 12.1 Å². The highest BCUT2D eigenvalue weighted by Gasteiger charge is 2.13. The Morgan fingerprint density at radius 3 is 2.41 bits per heavy atom. The van der Waals surface area contributed by atoms with Gasteiger partial charge in [-0.05, 0) is 18.6 Å². The Labute approximate surface area is 111 Å². The van der Waals surface area contributed by atoms with Crippen molar-refractivity contribution in [3.8, 4) is 5.75 Å². The van der Waals surface area contributed by atoms with Crippen molar-refractivity contribution < 1.29 is 9.90 Å². The Morgan fingerprint density at radius 1 is 1.41 bits per heavy atom. The lowest BCUT2D eigenvalue weighted by Gasteiger charge is -2.12. The Bertz CT molecular complexity index is 398. The molecule has 0 saturated heterocycles. The highest BCUT2D eigenvalue weighted by atomic mass is 35.5. The second kappa shape index (κ2) is 6.12. The molecule has 0 aliphatic heterocycles. The average Bonchev–Trinajstić information content (AvgIpc) is 2.26. The summed E-state index contributed by atoms with van der Waals surface area (Å²) in [5, 5.41) is 12.3. The van der Waals surface area contributed by atoms with E-state index in [0.29, 0.717) is 5.69 Å². The van der Waals surface area contributed by atoms with Gasteiger partial charge in [-0.2, -0.15) is 0 Å². The van der Waals surface area contributed by atoms with Gasteiger partial charge in [-0.1, -0.05) is 43.5 Å². The highest BCUT2D eigenvalue weighted by Crippen LogP contribution is 2.34. The molecule has 0 radical (unpaired) electrons. The van der Waals surface area contributed by atoms with Crippen LogP contribution in [0.1, 0.15) is 26.7 Å². The van der Waals surface area contributed by atoms with E-state index >= 15 is 0 Å². The van der Waals surface area contributed by atoms with Crippen LogP contribution in [0.5, 0.6) is 5.75 Å². The first-order valence-corrected chi connectivity index (χ1v) is 6.20. The predicted octanol–water partition coefficient (Wildman–Crippen LogP) is 4.07. The van der Waals surface area contributed by atoms with E-state index in [-0.39, 0.29) is 27.6 Å². The van der Waals surface area contributed by atoms with Crippen molar-refractivity contribution in [1.29, 1.82) is 0 Å². The Morgan fingerprint density at radius 2 is 1.94 bits per heavy atom. The number of benzene rings is 1. The molecular formula is C12H15Cl2NO2. The minimum atomic E-state index is -0.173. The molecule has 0 aliphatic rings. The standard InChI is InChI=1S/C12H15Cl2NO2/c1-3-4-7(2)12(17)15-8-5-9(13)11(16)10(14)6-8/h5-7,16H,3-4H2,1-2H3,(H,15,17). The normalized spacial score (nSPS) is 12.2. The van der Waals surface area contributed by atoms with Gasteiger partial charge in [0, 0.05) is 11.6 Å². The number of rotatable bonds is 4. The van der Waals surface area contributed by atoms with Crippen molar-refractivity contribution in [3.63, 3.8) is 0 Å². The zero-order chi connectivity index (χ0) is 13.0. The average molecular weight is 276 g/mol. The van der Waals surface area contributed by atoms with Crippen LogP contribution in [0.25, 0.3) is 0 Å². The second-order valence-electron chi connectivity index (χ2n) is 3.97. The van der Waals surface area contributed by atoms with Crippen molar-refractivity contribution in [2.75, 3.05) is 5.32 Å². The summed E-state index contributed by atoms with van der Waals surface area (Å²) in [6.07, 6.45) is 1.77. The van der Waals surface area contributed by atoms with E-state index in [9.17, 15) is 9.90 Å². The number of amides is 1. The molecule has 0 fully saturated rings. The van der Waals surface area contributed by atoms with Crippen LogP contribution in [-0.4, -0.2) is 11.0 Å². The summed E-state index contributed by atoms with van der Waals surface area (Å²) in [6.45, 7) is 3.89. The lowest BCUT2D eigenvalue weighted by atomic mass is 10.1. The number of hydrogen-bond donors (Lipinski definition) is 2. The van der Waals surface area contributed by atoms with E-state index < -0.39 is 0 Å². The van der Waals surface area contributed by atoms with Gasteiger partial charge in [0.05, 0.1) is 10.0 Å². The molecule has 1 amide bonds. The van der Waals surface area contributed by atoms with Crippen LogP contribution in [0.4, 0.5) is 5.69 Å². The minimum Gasteiger partial charge on any atom is -0.505 e. The summed E-state index contributed by atoms with van der Waals surface area (Å²) in [5.74, 6) is -0.316. The molecule has 1 rings (SSSR count). The van der Waals surface area contributed by atoms with Crippen LogP contribution in [0, 0.1) is 5.92 Å². The molecule has 1 atom stereocenters. The van der Waals surface area contributed by atoms with Crippen LogP contribution in [-0.2, 0) is 4.79 Å². The fourth-order valence-corrected chi connectivity index (χ4v) is 1.95. The first kappa shape index (κ1) is 14.1. The van der Waals surface area contributed by atoms with E-state index in [4.69, 9.17) is 23.2 Å². The molecule has 0 saturated carbocycles. The van der Waals surface area contributed by atoms with E-state index in [2.05, 4.69) is 5.32 Å². The van der Waals surface area contributed by atoms with E-state index in [1.54, 1.807) is 0 Å². The number of carbonyl (C=O) groups excluding carboxylic acids is 1. The maximum Gasteiger partial charge on any atom is 0.227 e. The summed E-state index contributed by atoms with van der Waals surface area (Å²) in [7, 11) is 0. The zero-order valence-electron chi connectivity index (χ0n) is 9.76. The van der Waals surface area contributed by atoms with Crippen LogP contribution in [0.3, 0.4) is 0 Å². The molecular weight excluding hydrogens is 261 g/mol. The highest BCUT2D eigenvalue weighted by molar-refractivity contribution is 6.37. The van der Waals surface area contributed by atoms with Gasteiger partial charge in [0.1, 0.15) is 0 Å². The predicted molar refractivity (Wildman–Crippen MR) is 70.8 cm³/mol. The monoisotopic (exact) mass is 275 g/mol. The van der Waals surface area contributed by atoms with Crippen molar-refractivity contribution in [2.24, 2.45) is 5.92 Å². The summed E-state index contributed by atoms with van der Waals surface area (Å²) in [6, 6.07) is 2.94. The van der Waals surface area contributed by atoms with E-state index in [0.717, 1.165) is 12.8 Å². The number of aromatic hydroxyl groups is 1. The summed E-state index contributed by atoms with van der Waals surface area (Å²) in [4.78, 5) is 11.8. The Kier molecular flexibility index (Phi) is 5.09. The topological polar surface area (TPSA) is 49.3 Å². The first-order valence-electron chi connectivity index (χ1n) is 5.44. The smallest absolute Gasteiger partial charge is 0.227 e. The van der Waals surface area contributed by atoms with Crippen molar-refractivity contribution in [3.05, 3.63) is 22.2 Å². The summed E-state index contributed by atoms with van der Waals surface area (Å²) in [5.41, 5.74) is 0.491. The summed E-state index contributed by atoms with van der Waals surface area (Å²) < 4.78 is 0. The number of anilines is 1. The van der Waals surface area contributed by atoms with Crippen LogP contribution >= 0.6 is 23.2 Å². The fraction of sp³-hybridized carbons (Fsp3) is 0.417. The van der Waals surface area contributed by atoms with Crippen LogP contribution < -0.4 is 5.32 Å². The molecule has 1 unspecified atom stereocenters. The largest absolute Gasteiger partial charge is 0.505 e. The van der Waals surface area contributed by atoms with Gasteiger partial charge in [-0.3, -0.25) is 4.79 Å². The van der Waals surface area contributed by atoms with Gasteiger partial charge in [0.15, 0.2) is 5.75 Å². The molecule has 17 heavy (non-hydrogen) atoms. The fourth-order valence-electron chi connectivity index (χ4n) is 1.47. The summed E-state index contributed by atoms with van der Waals surface area (Å²) >= 11 is 11.5. The zero-order valence-corrected chi connectivity index (χ0v) is 11.3. The van der Waals surface area contributed by atoms with E-state index in [1.807, 2.05) is 13.8 Å². The molecule has 3 nitrogen and oxygen atoms in total. The van der Waals surface area contributed by atoms with Crippen molar-refractivity contribution >= 4 is 34.8 Å². The molecule has 1 aromatic carbocycles.